The zero-order valence-electron chi connectivity index (χ0n) is 13.2. The first-order chi connectivity index (χ1) is 9.99. The number of nitrogens with zero attached hydrogens (tertiary/aromatic N) is 1. The molecule has 1 saturated heterocycles. The molecule has 1 aromatic rings. The Hall–Kier alpha value is -0.430. The zero-order chi connectivity index (χ0) is 15.5. The van der Waals surface area contributed by atoms with E-state index in [0.29, 0.717) is 29.9 Å². The smallest absolute Gasteiger partial charge is 0.244 e. The van der Waals surface area contributed by atoms with E-state index in [4.69, 9.17) is 0 Å². The van der Waals surface area contributed by atoms with Crippen LogP contribution in [0.1, 0.15) is 44.4 Å². The molecule has 1 N–H and O–H groups in total. The number of rotatable bonds is 6. The molecule has 1 aliphatic rings. The van der Waals surface area contributed by atoms with E-state index in [1.54, 1.807) is 10.4 Å². The summed E-state index contributed by atoms with van der Waals surface area (Å²) in [6.07, 6.45) is 4.23. The minimum absolute atomic E-state index is 0.342. The maximum Gasteiger partial charge on any atom is 0.244 e. The van der Waals surface area contributed by atoms with Crippen LogP contribution in [0, 0.1) is 5.41 Å². The highest BCUT2D eigenvalue weighted by Crippen LogP contribution is 2.39. The molecule has 0 radical (unpaired) electrons. The second kappa shape index (κ2) is 6.77. The molecule has 0 aliphatic carbocycles. The zero-order valence-corrected chi connectivity index (χ0v) is 14.8. The van der Waals surface area contributed by atoms with Gasteiger partial charge < -0.3 is 5.32 Å². The van der Waals surface area contributed by atoms with Gasteiger partial charge >= 0.3 is 0 Å². The quantitative estimate of drug-likeness (QED) is 0.872. The lowest BCUT2D eigenvalue weighted by atomic mass is 9.75. The SMILES string of the molecule is CCC1(CC)CCN(S(=O)(=O)c2ccsc2CNC)CC1. The lowest BCUT2D eigenvalue weighted by Gasteiger charge is -2.40. The molecular weight excluding hydrogens is 304 g/mol. The van der Waals surface area contributed by atoms with Crippen molar-refractivity contribution in [1.29, 1.82) is 0 Å². The van der Waals surface area contributed by atoms with Gasteiger partial charge in [-0.25, -0.2) is 8.42 Å². The highest BCUT2D eigenvalue weighted by molar-refractivity contribution is 7.89. The molecule has 0 unspecified atom stereocenters. The number of nitrogens with one attached hydrogen (secondary N) is 1. The number of hydrogen-bond donors (Lipinski definition) is 1. The van der Waals surface area contributed by atoms with Crippen LogP contribution >= 0.6 is 11.3 Å². The summed E-state index contributed by atoms with van der Waals surface area (Å²) in [6.45, 7) is 6.35. The lowest BCUT2D eigenvalue weighted by molar-refractivity contribution is 0.141. The van der Waals surface area contributed by atoms with Gasteiger partial charge in [0.2, 0.25) is 10.0 Å². The van der Waals surface area contributed by atoms with Gasteiger partial charge in [-0.15, -0.1) is 11.3 Å². The Morgan fingerprint density at radius 2 is 1.90 bits per heavy atom. The van der Waals surface area contributed by atoms with Crippen molar-refractivity contribution in [2.45, 2.75) is 51.0 Å². The molecule has 1 aromatic heterocycles. The summed E-state index contributed by atoms with van der Waals surface area (Å²) in [7, 11) is -1.49. The van der Waals surface area contributed by atoms with E-state index in [2.05, 4.69) is 19.2 Å². The van der Waals surface area contributed by atoms with Gasteiger partial charge in [-0.2, -0.15) is 4.31 Å². The Balaban J connectivity index is 2.17. The Morgan fingerprint density at radius 3 is 2.43 bits per heavy atom. The fraction of sp³-hybridized carbons (Fsp3) is 0.733. The third kappa shape index (κ3) is 3.33. The van der Waals surface area contributed by atoms with Gasteiger partial charge in [0.15, 0.2) is 0 Å². The third-order valence-corrected chi connectivity index (χ3v) is 7.98. The van der Waals surface area contributed by atoms with E-state index in [1.807, 2.05) is 12.4 Å². The van der Waals surface area contributed by atoms with Crippen molar-refractivity contribution in [3.63, 3.8) is 0 Å². The molecule has 2 heterocycles. The second-order valence-electron chi connectivity index (χ2n) is 5.85. The van der Waals surface area contributed by atoms with Crippen molar-refractivity contribution >= 4 is 21.4 Å². The van der Waals surface area contributed by atoms with Crippen LogP contribution in [0.4, 0.5) is 0 Å². The molecule has 6 heteroatoms. The van der Waals surface area contributed by atoms with E-state index >= 15 is 0 Å². The third-order valence-electron chi connectivity index (χ3n) is 4.94. The van der Waals surface area contributed by atoms with E-state index in [-0.39, 0.29) is 0 Å². The van der Waals surface area contributed by atoms with Crippen LogP contribution in [0.15, 0.2) is 16.3 Å². The molecule has 1 aliphatic heterocycles. The molecule has 21 heavy (non-hydrogen) atoms. The van der Waals surface area contributed by atoms with Crippen LogP contribution in [-0.4, -0.2) is 32.9 Å². The van der Waals surface area contributed by atoms with Gasteiger partial charge in [-0.3, -0.25) is 0 Å². The Morgan fingerprint density at radius 1 is 1.29 bits per heavy atom. The Bertz CT molecular complexity index is 552. The van der Waals surface area contributed by atoms with Crippen LogP contribution < -0.4 is 5.32 Å². The summed E-state index contributed by atoms with van der Waals surface area (Å²) in [5.74, 6) is 0. The van der Waals surface area contributed by atoms with Crippen molar-refractivity contribution in [3.05, 3.63) is 16.3 Å². The highest BCUT2D eigenvalue weighted by Gasteiger charge is 2.37. The molecule has 120 valence electrons. The first-order valence-electron chi connectivity index (χ1n) is 7.70. The maximum atomic E-state index is 12.8. The molecule has 0 aromatic carbocycles. The number of sulfonamides is 1. The predicted octanol–water partition coefficient (Wildman–Crippen LogP) is 3.06. The fourth-order valence-corrected chi connectivity index (χ4v) is 6.01. The van der Waals surface area contributed by atoms with Crippen molar-refractivity contribution < 1.29 is 8.42 Å². The Labute approximate surface area is 132 Å². The van der Waals surface area contributed by atoms with E-state index < -0.39 is 10.0 Å². The van der Waals surface area contributed by atoms with Gasteiger partial charge in [0.25, 0.3) is 0 Å². The lowest BCUT2D eigenvalue weighted by Crippen LogP contribution is -2.42. The first-order valence-corrected chi connectivity index (χ1v) is 10.0. The minimum atomic E-state index is -3.33. The van der Waals surface area contributed by atoms with Crippen molar-refractivity contribution in [2.75, 3.05) is 20.1 Å². The molecule has 1 fully saturated rings. The molecule has 4 nitrogen and oxygen atoms in total. The van der Waals surface area contributed by atoms with Gasteiger partial charge in [-0.1, -0.05) is 26.7 Å². The van der Waals surface area contributed by atoms with Gasteiger partial charge in [-0.05, 0) is 36.8 Å². The molecule has 2 rings (SSSR count). The summed E-state index contributed by atoms with van der Waals surface area (Å²) < 4.78 is 27.4. The van der Waals surface area contributed by atoms with Crippen LogP contribution in [0.25, 0.3) is 0 Å². The molecular formula is C15H26N2O2S2. The summed E-state index contributed by atoms with van der Waals surface area (Å²) >= 11 is 1.51. The van der Waals surface area contributed by atoms with Crippen molar-refractivity contribution in [1.82, 2.24) is 9.62 Å². The van der Waals surface area contributed by atoms with E-state index in [0.717, 1.165) is 30.6 Å². The summed E-state index contributed by atoms with van der Waals surface area (Å²) in [4.78, 5) is 1.39. The average Bonchev–Trinajstić information content (AvgIpc) is 2.97. The first kappa shape index (κ1) is 16.9. The van der Waals surface area contributed by atoms with E-state index in [9.17, 15) is 8.42 Å². The summed E-state index contributed by atoms with van der Waals surface area (Å²) in [5, 5.41) is 4.91. The molecule has 0 spiro atoms. The van der Waals surface area contributed by atoms with Crippen LogP contribution in [0.3, 0.4) is 0 Å². The standard InChI is InChI=1S/C15H26N2O2S2/c1-4-15(5-2)7-9-17(10-8-15)21(18,19)14-6-11-20-13(14)12-16-3/h6,11,16H,4-5,7-10,12H2,1-3H3. The predicted molar refractivity (Wildman–Crippen MR) is 88.1 cm³/mol. The van der Waals surface area contributed by atoms with Crippen LogP contribution in [0.5, 0.6) is 0 Å². The van der Waals surface area contributed by atoms with E-state index in [1.165, 1.54) is 11.3 Å². The topological polar surface area (TPSA) is 49.4 Å². The Kier molecular flexibility index (Phi) is 5.46. The summed E-state index contributed by atoms with van der Waals surface area (Å²) in [5.41, 5.74) is 0.342. The molecule has 0 amide bonds. The fourth-order valence-electron chi connectivity index (χ4n) is 3.15. The monoisotopic (exact) mass is 330 g/mol. The normalized spacial score (nSPS) is 19.8. The molecule has 0 saturated carbocycles. The van der Waals surface area contributed by atoms with Gasteiger partial charge in [0, 0.05) is 24.5 Å². The van der Waals surface area contributed by atoms with Gasteiger partial charge in [0.05, 0.1) is 4.90 Å². The van der Waals surface area contributed by atoms with Crippen LogP contribution in [0.2, 0.25) is 0 Å². The highest BCUT2D eigenvalue weighted by atomic mass is 32.2. The van der Waals surface area contributed by atoms with Crippen molar-refractivity contribution in [2.24, 2.45) is 5.41 Å². The van der Waals surface area contributed by atoms with Gasteiger partial charge in [0.1, 0.15) is 0 Å². The number of thiophene rings is 1. The molecule has 0 atom stereocenters. The summed E-state index contributed by atoms with van der Waals surface area (Å²) in [6, 6.07) is 1.74. The maximum absolute atomic E-state index is 12.8. The minimum Gasteiger partial charge on any atom is -0.315 e. The number of piperidine rings is 1. The largest absolute Gasteiger partial charge is 0.315 e. The molecule has 0 bridgehead atoms. The number of hydrogen-bond acceptors (Lipinski definition) is 4. The second-order valence-corrected chi connectivity index (χ2v) is 8.76. The average molecular weight is 331 g/mol. The van der Waals surface area contributed by atoms with Crippen LogP contribution in [-0.2, 0) is 16.6 Å². The van der Waals surface area contributed by atoms with Crippen molar-refractivity contribution in [3.8, 4) is 0 Å².